The van der Waals surface area contributed by atoms with Crippen LogP contribution in [0.3, 0.4) is 0 Å². The molecule has 3 nitrogen and oxygen atoms in total. The van der Waals surface area contributed by atoms with E-state index in [2.05, 4.69) is 4.90 Å². The van der Waals surface area contributed by atoms with Crippen molar-refractivity contribution in [3.05, 3.63) is 35.1 Å². The van der Waals surface area contributed by atoms with Gasteiger partial charge in [0.1, 0.15) is 5.82 Å². The van der Waals surface area contributed by atoms with Crippen LogP contribution in [0.2, 0.25) is 0 Å². The first kappa shape index (κ1) is 12.1. The predicted molar refractivity (Wildman–Crippen MR) is 67.5 cm³/mol. The second kappa shape index (κ2) is 4.96. The Morgan fingerprint density at radius 1 is 1.22 bits per heavy atom. The van der Waals surface area contributed by atoms with Crippen LogP contribution in [0.4, 0.5) is 4.39 Å². The van der Waals surface area contributed by atoms with Crippen LogP contribution in [-0.2, 0) is 17.8 Å². The lowest BCUT2D eigenvalue weighted by atomic mass is 10.1. The molecule has 1 aromatic rings. The number of likely N-dealkylation sites (tertiary alicyclic amines) is 1. The Bertz CT molecular complexity index is 426. The summed E-state index contributed by atoms with van der Waals surface area (Å²) in [5, 5.41) is 0. The van der Waals surface area contributed by atoms with Crippen molar-refractivity contribution in [2.75, 3.05) is 13.1 Å². The van der Waals surface area contributed by atoms with Gasteiger partial charge < -0.3 is 10.5 Å². The number of morpholine rings is 1. The summed E-state index contributed by atoms with van der Waals surface area (Å²) < 4.78 is 19.1. The van der Waals surface area contributed by atoms with Gasteiger partial charge in [-0.2, -0.15) is 0 Å². The molecule has 0 aromatic heterocycles. The molecule has 98 valence electrons. The molecule has 0 saturated carbocycles. The number of ether oxygens (including phenoxy) is 1. The van der Waals surface area contributed by atoms with Crippen LogP contribution in [0.1, 0.15) is 24.0 Å². The van der Waals surface area contributed by atoms with Crippen molar-refractivity contribution in [1.29, 1.82) is 0 Å². The van der Waals surface area contributed by atoms with Crippen molar-refractivity contribution in [3.8, 4) is 0 Å². The summed E-state index contributed by atoms with van der Waals surface area (Å²) in [7, 11) is 0. The minimum absolute atomic E-state index is 0.182. The second-order valence-corrected chi connectivity index (χ2v) is 5.27. The van der Waals surface area contributed by atoms with Gasteiger partial charge >= 0.3 is 0 Å². The van der Waals surface area contributed by atoms with E-state index >= 15 is 0 Å². The van der Waals surface area contributed by atoms with Crippen LogP contribution in [0.25, 0.3) is 0 Å². The lowest BCUT2D eigenvalue weighted by Crippen LogP contribution is -2.42. The minimum Gasteiger partial charge on any atom is -0.372 e. The summed E-state index contributed by atoms with van der Waals surface area (Å²) >= 11 is 0. The number of nitrogens with two attached hydrogens (primary N) is 1. The fourth-order valence-corrected chi connectivity index (χ4v) is 3.01. The first-order valence-corrected chi connectivity index (χ1v) is 6.60. The lowest BCUT2D eigenvalue weighted by Gasteiger charge is -2.32. The molecule has 0 radical (unpaired) electrons. The number of fused-ring (bicyclic) bond motifs is 2. The number of rotatable bonds is 3. The third kappa shape index (κ3) is 2.41. The SMILES string of the molecule is NCc1ccc(F)cc1CN1CC2CCC(C1)O2. The second-order valence-electron chi connectivity index (χ2n) is 5.27. The van der Waals surface area contributed by atoms with E-state index in [0.29, 0.717) is 18.8 Å². The number of hydrogen-bond acceptors (Lipinski definition) is 3. The van der Waals surface area contributed by atoms with E-state index in [4.69, 9.17) is 10.5 Å². The molecule has 3 rings (SSSR count). The maximum Gasteiger partial charge on any atom is 0.123 e. The molecule has 18 heavy (non-hydrogen) atoms. The molecule has 2 aliphatic rings. The van der Waals surface area contributed by atoms with E-state index in [9.17, 15) is 4.39 Å². The number of hydrogen-bond donors (Lipinski definition) is 1. The molecule has 0 spiro atoms. The van der Waals surface area contributed by atoms with Crippen molar-refractivity contribution < 1.29 is 9.13 Å². The molecule has 2 heterocycles. The molecule has 1 aromatic carbocycles. The molecule has 2 bridgehead atoms. The molecular formula is C14H19FN2O. The smallest absolute Gasteiger partial charge is 0.123 e. The summed E-state index contributed by atoms with van der Waals surface area (Å²) in [6.07, 6.45) is 3.07. The van der Waals surface area contributed by atoms with Gasteiger partial charge in [-0.15, -0.1) is 0 Å². The van der Waals surface area contributed by atoms with Crippen molar-refractivity contribution in [3.63, 3.8) is 0 Å². The maximum atomic E-state index is 13.3. The first-order chi connectivity index (χ1) is 8.74. The minimum atomic E-state index is -0.182. The highest BCUT2D eigenvalue weighted by atomic mass is 19.1. The van der Waals surface area contributed by atoms with Gasteiger partial charge in [0.25, 0.3) is 0 Å². The Morgan fingerprint density at radius 2 is 1.94 bits per heavy atom. The monoisotopic (exact) mass is 250 g/mol. The summed E-state index contributed by atoms with van der Waals surface area (Å²) in [6, 6.07) is 4.88. The van der Waals surface area contributed by atoms with E-state index in [-0.39, 0.29) is 5.82 Å². The first-order valence-electron chi connectivity index (χ1n) is 6.60. The lowest BCUT2D eigenvalue weighted by molar-refractivity contribution is -0.0411. The van der Waals surface area contributed by atoms with Gasteiger partial charge in [0.15, 0.2) is 0 Å². The van der Waals surface area contributed by atoms with Crippen LogP contribution in [-0.4, -0.2) is 30.2 Å². The van der Waals surface area contributed by atoms with Gasteiger partial charge in [-0.25, -0.2) is 4.39 Å². The van der Waals surface area contributed by atoms with Gasteiger partial charge in [0, 0.05) is 26.2 Å². The van der Waals surface area contributed by atoms with Crippen molar-refractivity contribution in [1.82, 2.24) is 4.90 Å². The van der Waals surface area contributed by atoms with Crippen molar-refractivity contribution in [2.45, 2.75) is 38.1 Å². The molecule has 2 N–H and O–H groups in total. The van der Waals surface area contributed by atoms with Gasteiger partial charge in [-0.05, 0) is 36.1 Å². The average Bonchev–Trinajstić information content (AvgIpc) is 2.69. The zero-order chi connectivity index (χ0) is 12.5. The number of benzene rings is 1. The molecule has 4 heteroatoms. The van der Waals surface area contributed by atoms with Crippen LogP contribution in [0.15, 0.2) is 18.2 Å². The fraction of sp³-hybridized carbons (Fsp3) is 0.571. The maximum absolute atomic E-state index is 13.3. The zero-order valence-electron chi connectivity index (χ0n) is 10.4. The molecular weight excluding hydrogens is 231 g/mol. The summed E-state index contributed by atoms with van der Waals surface area (Å²) in [4.78, 5) is 2.36. The van der Waals surface area contributed by atoms with Gasteiger partial charge in [0.2, 0.25) is 0 Å². The molecule has 2 fully saturated rings. The molecule has 2 saturated heterocycles. The highest BCUT2D eigenvalue weighted by Gasteiger charge is 2.33. The Morgan fingerprint density at radius 3 is 2.61 bits per heavy atom. The molecule has 2 aliphatic heterocycles. The topological polar surface area (TPSA) is 38.5 Å². The normalized spacial score (nSPS) is 27.7. The van der Waals surface area contributed by atoms with Crippen LogP contribution in [0.5, 0.6) is 0 Å². The standard InChI is InChI=1S/C14H19FN2O/c15-12-2-1-10(6-16)11(5-12)7-17-8-13-3-4-14(9-17)18-13/h1-2,5,13-14H,3-4,6-9,16H2. The third-order valence-corrected chi connectivity index (χ3v) is 3.90. The average molecular weight is 250 g/mol. The van der Waals surface area contributed by atoms with E-state index in [1.54, 1.807) is 12.1 Å². The predicted octanol–water partition coefficient (Wildman–Crippen LogP) is 1.65. The van der Waals surface area contributed by atoms with Crippen LogP contribution >= 0.6 is 0 Å². The molecule has 2 unspecified atom stereocenters. The Labute approximate surface area is 107 Å². The molecule has 0 aliphatic carbocycles. The van der Waals surface area contributed by atoms with Crippen molar-refractivity contribution >= 4 is 0 Å². The van der Waals surface area contributed by atoms with E-state index in [1.807, 2.05) is 0 Å². The van der Waals surface area contributed by atoms with Gasteiger partial charge in [-0.1, -0.05) is 6.07 Å². The van der Waals surface area contributed by atoms with Crippen LogP contribution in [0, 0.1) is 5.82 Å². The highest BCUT2D eigenvalue weighted by Crippen LogP contribution is 2.27. The van der Waals surface area contributed by atoms with Crippen LogP contribution < -0.4 is 5.73 Å². The highest BCUT2D eigenvalue weighted by molar-refractivity contribution is 5.27. The summed E-state index contributed by atoms with van der Waals surface area (Å²) in [5.41, 5.74) is 7.76. The fourth-order valence-electron chi connectivity index (χ4n) is 3.01. The summed E-state index contributed by atoms with van der Waals surface area (Å²) in [5.74, 6) is -0.182. The Hall–Kier alpha value is -0.970. The Balaban J connectivity index is 1.74. The van der Waals surface area contributed by atoms with E-state index < -0.39 is 0 Å². The van der Waals surface area contributed by atoms with Gasteiger partial charge in [0.05, 0.1) is 12.2 Å². The molecule has 0 amide bonds. The quantitative estimate of drug-likeness (QED) is 0.886. The van der Waals surface area contributed by atoms with E-state index in [0.717, 1.165) is 43.6 Å². The zero-order valence-corrected chi connectivity index (χ0v) is 10.4. The number of halogens is 1. The largest absolute Gasteiger partial charge is 0.372 e. The number of nitrogens with zero attached hydrogens (tertiary/aromatic N) is 1. The van der Waals surface area contributed by atoms with Crippen molar-refractivity contribution in [2.24, 2.45) is 5.73 Å². The van der Waals surface area contributed by atoms with Gasteiger partial charge in [-0.3, -0.25) is 4.90 Å². The van der Waals surface area contributed by atoms with E-state index in [1.165, 1.54) is 6.07 Å². The third-order valence-electron chi connectivity index (χ3n) is 3.90. The molecule has 2 atom stereocenters. The summed E-state index contributed by atoms with van der Waals surface area (Å²) in [6.45, 7) is 3.15. The Kier molecular flexibility index (Phi) is 3.33.